The first-order valence-corrected chi connectivity index (χ1v) is 10.1. The first-order chi connectivity index (χ1) is 13.8. The molecule has 1 N–H and O–H groups in total. The van der Waals surface area contributed by atoms with E-state index >= 15 is 0 Å². The second-order valence-electron chi connectivity index (χ2n) is 7.30. The lowest BCUT2D eigenvalue weighted by molar-refractivity contribution is 0.301. The van der Waals surface area contributed by atoms with Gasteiger partial charge in [-0.15, -0.1) is 10.2 Å². The fourth-order valence-corrected chi connectivity index (χ4v) is 3.58. The molecule has 3 aromatic rings. The Morgan fingerprint density at radius 2 is 2.07 bits per heavy atom. The van der Waals surface area contributed by atoms with Crippen molar-refractivity contribution in [2.45, 2.75) is 58.3 Å². The summed E-state index contributed by atoms with van der Waals surface area (Å²) in [6.07, 6.45) is 6.52. The molecule has 6 nitrogen and oxygen atoms in total. The van der Waals surface area contributed by atoms with Crippen LogP contribution >= 0.6 is 0 Å². The van der Waals surface area contributed by atoms with Gasteiger partial charge in [0.15, 0.2) is 0 Å². The highest BCUT2D eigenvalue weighted by Gasteiger charge is 2.18. The Kier molecular flexibility index (Phi) is 5.97. The van der Waals surface area contributed by atoms with E-state index in [2.05, 4.69) is 44.1 Å². The van der Waals surface area contributed by atoms with Crippen molar-refractivity contribution in [2.24, 2.45) is 0 Å². The minimum atomic E-state index is 0.150. The zero-order valence-corrected chi connectivity index (χ0v) is 16.3. The van der Waals surface area contributed by atoms with E-state index in [1.807, 2.05) is 30.3 Å². The van der Waals surface area contributed by atoms with E-state index in [0.29, 0.717) is 6.61 Å². The van der Waals surface area contributed by atoms with Crippen LogP contribution in [0.15, 0.2) is 48.7 Å². The highest BCUT2D eigenvalue weighted by atomic mass is 16.5. The Morgan fingerprint density at radius 3 is 2.96 bits per heavy atom. The van der Waals surface area contributed by atoms with Gasteiger partial charge in [0.05, 0.1) is 11.7 Å². The topological polar surface area (TPSA) is 64.9 Å². The summed E-state index contributed by atoms with van der Waals surface area (Å²) >= 11 is 0. The van der Waals surface area contributed by atoms with Gasteiger partial charge in [-0.3, -0.25) is 4.98 Å². The van der Waals surface area contributed by atoms with Crippen molar-refractivity contribution in [1.29, 1.82) is 0 Å². The molecule has 146 valence electrons. The average Bonchev–Trinajstić information content (AvgIpc) is 3.00. The zero-order valence-electron chi connectivity index (χ0n) is 16.3. The van der Waals surface area contributed by atoms with Gasteiger partial charge in [0.25, 0.3) is 0 Å². The Morgan fingerprint density at radius 1 is 1.11 bits per heavy atom. The number of benzene rings is 1. The summed E-state index contributed by atoms with van der Waals surface area (Å²) in [6.45, 7) is 4.41. The third-order valence-corrected chi connectivity index (χ3v) is 5.15. The summed E-state index contributed by atoms with van der Waals surface area (Å²) in [5, 5.41) is 12.4. The fourth-order valence-electron chi connectivity index (χ4n) is 3.58. The summed E-state index contributed by atoms with van der Waals surface area (Å²) in [4.78, 5) is 4.29. The average molecular weight is 377 g/mol. The first kappa shape index (κ1) is 18.6. The van der Waals surface area contributed by atoms with Gasteiger partial charge in [0.2, 0.25) is 0 Å². The fraction of sp³-hybridized carbons (Fsp3) is 0.409. The molecule has 4 rings (SSSR count). The SMILES string of the molecule is C[C@H](NCc1cccc(OCc2ccccn2)c1)c1nnc2n1CCCCC2. The molecule has 0 saturated carbocycles. The largest absolute Gasteiger partial charge is 0.487 e. The van der Waals surface area contributed by atoms with Crippen LogP contribution in [0.25, 0.3) is 0 Å². The van der Waals surface area contributed by atoms with Crippen LogP contribution in [0.4, 0.5) is 0 Å². The van der Waals surface area contributed by atoms with Gasteiger partial charge in [0, 0.05) is 25.7 Å². The van der Waals surface area contributed by atoms with Gasteiger partial charge in [0.1, 0.15) is 24.0 Å². The predicted molar refractivity (Wildman–Crippen MR) is 108 cm³/mol. The second-order valence-corrected chi connectivity index (χ2v) is 7.30. The van der Waals surface area contributed by atoms with Crippen LogP contribution in [0.5, 0.6) is 5.75 Å². The minimum Gasteiger partial charge on any atom is -0.487 e. The lowest BCUT2D eigenvalue weighted by Gasteiger charge is -2.16. The molecule has 0 fully saturated rings. The molecule has 1 aromatic carbocycles. The second kappa shape index (κ2) is 8.97. The number of fused-ring (bicyclic) bond motifs is 1. The van der Waals surface area contributed by atoms with Crippen LogP contribution in [-0.4, -0.2) is 19.7 Å². The highest BCUT2D eigenvalue weighted by molar-refractivity contribution is 5.28. The van der Waals surface area contributed by atoms with E-state index in [-0.39, 0.29) is 6.04 Å². The molecule has 3 heterocycles. The number of nitrogens with zero attached hydrogens (tertiary/aromatic N) is 4. The van der Waals surface area contributed by atoms with Gasteiger partial charge >= 0.3 is 0 Å². The maximum atomic E-state index is 5.88. The van der Waals surface area contributed by atoms with Crippen molar-refractivity contribution in [3.8, 4) is 5.75 Å². The van der Waals surface area contributed by atoms with Gasteiger partial charge in [-0.05, 0) is 49.6 Å². The molecule has 0 aliphatic carbocycles. The van der Waals surface area contributed by atoms with Crippen molar-refractivity contribution in [2.75, 3.05) is 0 Å². The number of pyridine rings is 1. The third-order valence-electron chi connectivity index (χ3n) is 5.15. The van der Waals surface area contributed by atoms with Crippen LogP contribution in [0.3, 0.4) is 0 Å². The van der Waals surface area contributed by atoms with Crippen LogP contribution < -0.4 is 10.1 Å². The van der Waals surface area contributed by atoms with Crippen molar-refractivity contribution >= 4 is 0 Å². The summed E-state index contributed by atoms with van der Waals surface area (Å²) < 4.78 is 8.19. The van der Waals surface area contributed by atoms with Crippen molar-refractivity contribution in [3.05, 3.63) is 71.6 Å². The number of ether oxygens (including phenoxy) is 1. The number of rotatable bonds is 7. The molecule has 1 atom stereocenters. The number of aryl methyl sites for hydroxylation is 1. The van der Waals surface area contributed by atoms with Crippen molar-refractivity contribution in [3.63, 3.8) is 0 Å². The highest BCUT2D eigenvalue weighted by Crippen LogP contribution is 2.20. The summed E-state index contributed by atoms with van der Waals surface area (Å²) in [5.41, 5.74) is 2.10. The van der Waals surface area contributed by atoms with Crippen LogP contribution in [0.2, 0.25) is 0 Å². The summed E-state index contributed by atoms with van der Waals surface area (Å²) in [5.74, 6) is 3.03. The molecule has 2 aromatic heterocycles. The van der Waals surface area contributed by atoms with Gasteiger partial charge in [-0.1, -0.05) is 24.6 Å². The molecule has 1 aliphatic heterocycles. The molecule has 0 amide bonds. The molecule has 0 unspecified atom stereocenters. The molecular formula is C22H27N5O. The molecule has 28 heavy (non-hydrogen) atoms. The van der Waals surface area contributed by atoms with E-state index in [9.17, 15) is 0 Å². The minimum absolute atomic E-state index is 0.150. The van der Waals surface area contributed by atoms with Gasteiger partial charge in [-0.25, -0.2) is 0 Å². The molecule has 0 radical (unpaired) electrons. The molecule has 0 spiro atoms. The van der Waals surface area contributed by atoms with Crippen LogP contribution in [0.1, 0.15) is 55.1 Å². The van der Waals surface area contributed by atoms with Crippen LogP contribution in [-0.2, 0) is 26.1 Å². The lowest BCUT2D eigenvalue weighted by atomic mass is 10.2. The summed E-state index contributed by atoms with van der Waals surface area (Å²) in [6, 6.07) is 14.2. The Balaban J connectivity index is 1.35. The Bertz CT molecular complexity index is 893. The van der Waals surface area contributed by atoms with Crippen molar-refractivity contribution in [1.82, 2.24) is 25.1 Å². The number of nitrogens with one attached hydrogen (secondary N) is 1. The normalized spacial score (nSPS) is 14.9. The quantitative estimate of drug-likeness (QED) is 0.678. The zero-order chi connectivity index (χ0) is 19.2. The molecule has 0 saturated heterocycles. The molecule has 0 bridgehead atoms. The number of hydrogen-bond acceptors (Lipinski definition) is 5. The van der Waals surface area contributed by atoms with E-state index < -0.39 is 0 Å². The molecule has 1 aliphatic rings. The number of hydrogen-bond donors (Lipinski definition) is 1. The van der Waals surface area contributed by atoms with E-state index in [1.165, 1.54) is 24.8 Å². The maximum Gasteiger partial charge on any atom is 0.149 e. The first-order valence-electron chi connectivity index (χ1n) is 10.1. The van der Waals surface area contributed by atoms with Gasteiger partial charge in [-0.2, -0.15) is 0 Å². The standard InChI is InChI=1S/C22H27N5O/c1-17(22-26-25-21-11-3-2-6-13-27(21)22)24-15-18-8-7-10-20(14-18)28-16-19-9-4-5-12-23-19/h4-5,7-10,12,14,17,24H,2-3,6,11,13,15-16H2,1H3/t17-/m0/s1. The monoisotopic (exact) mass is 377 g/mol. The molecular weight excluding hydrogens is 350 g/mol. The Hall–Kier alpha value is -2.73. The maximum absolute atomic E-state index is 5.88. The van der Waals surface area contributed by atoms with Gasteiger partial charge < -0.3 is 14.6 Å². The third kappa shape index (κ3) is 4.57. The summed E-state index contributed by atoms with van der Waals surface area (Å²) in [7, 11) is 0. The van der Waals surface area contributed by atoms with E-state index in [4.69, 9.17) is 4.74 Å². The Labute approximate surface area is 166 Å². The smallest absolute Gasteiger partial charge is 0.149 e. The number of aromatic nitrogens is 4. The molecule has 6 heteroatoms. The van der Waals surface area contributed by atoms with Crippen LogP contribution in [0, 0.1) is 0 Å². The predicted octanol–water partition coefficient (Wildman–Crippen LogP) is 3.83. The van der Waals surface area contributed by atoms with E-state index in [0.717, 1.165) is 42.6 Å². The lowest BCUT2D eigenvalue weighted by Crippen LogP contribution is -2.22. The van der Waals surface area contributed by atoms with E-state index in [1.54, 1.807) is 6.20 Å². The van der Waals surface area contributed by atoms with Crippen molar-refractivity contribution < 1.29 is 4.74 Å².